The van der Waals surface area contributed by atoms with Crippen molar-refractivity contribution in [3.63, 3.8) is 0 Å². The molecule has 1 rings (SSSR count). The number of hydrogen-bond acceptors (Lipinski definition) is 1. The lowest BCUT2D eigenvalue weighted by Crippen LogP contribution is -2.47. The van der Waals surface area contributed by atoms with Crippen LogP contribution in [0.25, 0.3) is 0 Å². The first-order valence-electron chi connectivity index (χ1n) is 9.48. The molecule has 1 aliphatic rings. The molecule has 0 saturated heterocycles. The molecule has 1 fully saturated rings. The molecular weight excluding hydrogens is 242 g/mol. The van der Waals surface area contributed by atoms with Crippen molar-refractivity contribution < 1.29 is 0 Å². The van der Waals surface area contributed by atoms with Crippen molar-refractivity contribution in [2.45, 2.75) is 116 Å². The highest BCUT2D eigenvalue weighted by Gasteiger charge is 2.32. The average Bonchev–Trinajstić information content (AvgIpc) is 2.46. The molecule has 20 heavy (non-hydrogen) atoms. The molecule has 0 aromatic rings. The predicted octanol–water partition coefficient (Wildman–Crippen LogP) is 6.21. The summed E-state index contributed by atoms with van der Waals surface area (Å²) in [4.78, 5) is 0. The third-order valence-electron chi connectivity index (χ3n) is 5.51. The first kappa shape index (κ1) is 18.0. The summed E-state index contributed by atoms with van der Waals surface area (Å²) in [6.07, 6.45) is 20.9. The van der Waals surface area contributed by atoms with Crippen molar-refractivity contribution in [3.8, 4) is 0 Å². The molecular formula is C19H39N. The Morgan fingerprint density at radius 3 is 1.85 bits per heavy atom. The van der Waals surface area contributed by atoms with E-state index in [0.717, 1.165) is 5.92 Å². The summed E-state index contributed by atoms with van der Waals surface area (Å²) < 4.78 is 0. The van der Waals surface area contributed by atoms with Gasteiger partial charge in [0.2, 0.25) is 0 Å². The molecule has 0 radical (unpaired) electrons. The average molecular weight is 282 g/mol. The number of rotatable bonds is 11. The molecule has 0 amide bonds. The standard InChI is InChI=1S/C19H39N/c1-3-4-5-6-7-8-9-10-12-15-18(2)19(20)16-13-11-14-17-19/h18H,3-17,20H2,1-2H3. The lowest BCUT2D eigenvalue weighted by molar-refractivity contribution is 0.196. The van der Waals surface area contributed by atoms with Crippen molar-refractivity contribution in [1.82, 2.24) is 0 Å². The maximum Gasteiger partial charge on any atom is 0.0180 e. The zero-order chi connectivity index (χ0) is 14.7. The first-order chi connectivity index (χ1) is 9.69. The summed E-state index contributed by atoms with van der Waals surface area (Å²) >= 11 is 0. The van der Waals surface area contributed by atoms with Crippen molar-refractivity contribution >= 4 is 0 Å². The molecule has 1 unspecified atom stereocenters. The summed E-state index contributed by atoms with van der Waals surface area (Å²) in [5, 5.41) is 0. The van der Waals surface area contributed by atoms with E-state index in [1.165, 1.54) is 96.3 Å². The van der Waals surface area contributed by atoms with Gasteiger partial charge in [0.1, 0.15) is 0 Å². The van der Waals surface area contributed by atoms with E-state index in [4.69, 9.17) is 5.73 Å². The highest BCUT2D eigenvalue weighted by atomic mass is 14.8. The van der Waals surface area contributed by atoms with Crippen LogP contribution in [0, 0.1) is 5.92 Å². The third-order valence-corrected chi connectivity index (χ3v) is 5.51. The van der Waals surface area contributed by atoms with Crippen LogP contribution in [0.5, 0.6) is 0 Å². The van der Waals surface area contributed by atoms with Crippen molar-refractivity contribution in [2.24, 2.45) is 11.7 Å². The van der Waals surface area contributed by atoms with Gasteiger partial charge in [0.05, 0.1) is 0 Å². The van der Waals surface area contributed by atoms with Crippen LogP contribution >= 0.6 is 0 Å². The van der Waals surface area contributed by atoms with E-state index in [0.29, 0.717) is 0 Å². The van der Waals surface area contributed by atoms with Gasteiger partial charge in [-0.25, -0.2) is 0 Å². The van der Waals surface area contributed by atoms with E-state index >= 15 is 0 Å². The second-order valence-electron chi connectivity index (χ2n) is 7.31. The predicted molar refractivity (Wildman–Crippen MR) is 91.0 cm³/mol. The van der Waals surface area contributed by atoms with Crippen LogP contribution < -0.4 is 5.73 Å². The molecule has 1 heteroatoms. The molecule has 0 aromatic carbocycles. The molecule has 120 valence electrons. The Labute approximate surface area is 128 Å². The van der Waals surface area contributed by atoms with E-state index in [1.807, 2.05) is 0 Å². The molecule has 2 N–H and O–H groups in total. The number of hydrogen-bond donors (Lipinski definition) is 1. The minimum atomic E-state index is 0.179. The van der Waals surface area contributed by atoms with E-state index in [-0.39, 0.29) is 5.54 Å². The van der Waals surface area contributed by atoms with E-state index < -0.39 is 0 Å². The molecule has 1 atom stereocenters. The largest absolute Gasteiger partial charge is 0.325 e. The van der Waals surface area contributed by atoms with Gasteiger partial charge in [0.25, 0.3) is 0 Å². The topological polar surface area (TPSA) is 26.0 Å². The van der Waals surface area contributed by atoms with Gasteiger partial charge in [-0.2, -0.15) is 0 Å². The highest BCUT2D eigenvalue weighted by Crippen LogP contribution is 2.34. The summed E-state index contributed by atoms with van der Waals surface area (Å²) in [7, 11) is 0. The van der Waals surface area contributed by atoms with Gasteiger partial charge in [-0.1, -0.05) is 90.9 Å². The van der Waals surface area contributed by atoms with Crippen LogP contribution in [-0.4, -0.2) is 5.54 Å². The second kappa shape index (κ2) is 10.7. The highest BCUT2D eigenvalue weighted by molar-refractivity contribution is 4.91. The van der Waals surface area contributed by atoms with Gasteiger partial charge in [-0.15, -0.1) is 0 Å². The Kier molecular flexibility index (Phi) is 9.59. The monoisotopic (exact) mass is 281 g/mol. The van der Waals surface area contributed by atoms with Crippen LogP contribution in [0.15, 0.2) is 0 Å². The molecule has 0 spiro atoms. The van der Waals surface area contributed by atoms with Gasteiger partial charge in [0, 0.05) is 5.54 Å². The van der Waals surface area contributed by atoms with Crippen molar-refractivity contribution in [1.29, 1.82) is 0 Å². The number of nitrogens with two attached hydrogens (primary N) is 1. The molecule has 0 aromatic heterocycles. The van der Waals surface area contributed by atoms with Crippen molar-refractivity contribution in [3.05, 3.63) is 0 Å². The Morgan fingerprint density at radius 2 is 1.30 bits per heavy atom. The minimum Gasteiger partial charge on any atom is -0.325 e. The van der Waals surface area contributed by atoms with Gasteiger partial charge in [-0.3, -0.25) is 0 Å². The Balaban J connectivity index is 1.95. The quantitative estimate of drug-likeness (QED) is 0.448. The van der Waals surface area contributed by atoms with E-state index in [1.54, 1.807) is 0 Å². The fourth-order valence-electron chi connectivity index (χ4n) is 3.75. The first-order valence-corrected chi connectivity index (χ1v) is 9.48. The molecule has 0 aliphatic heterocycles. The van der Waals surface area contributed by atoms with Crippen LogP contribution in [0.1, 0.15) is 110 Å². The van der Waals surface area contributed by atoms with Crippen LogP contribution in [0.3, 0.4) is 0 Å². The van der Waals surface area contributed by atoms with Crippen molar-refractivity contribution in [2.75, 3.05) is 0 Å². The summed E-state index contributed by atoms with van der Waals surface area (Å²) in [6.45, 7) is 4.69. The minimum absolute atomic E-state index is 0.179. The smallest absolute Gasteiger partial charge is 0.0180 e. The van der Waals surface area contributed by atoms with Crippen LogP contribution in [0.2, 0.25) is 0 Å². The van der Waals surface area contributed by atoms with Gasteiger partial charge in [0.15, 0.2) is 0 Å². The third kappa shape index (κ3) is 7.11. The Morgan fingerprint density at radius 1 is 0.800 bits per heavy atom. The number of unbranched alkanes of at least 4 members (excludes halogenated alkanes) is 8. The maximum atomic E-state index is 6.61. The van der Waals surface area contributed by atoms with Crippen LogP contribution in [-0.2, 0) is 0 Å². The molecule has 0 heterocycles. The summed E-state index contributed by atoms with van der Waals surface area (Å²) in [5.41, 5.74) is 6.79. The van der Waals surface area contributed by atoms with Crippen LogP contribution in [0.4, 0.5) is 0 Å². The fourth-order valence-corrected chi connectivity index (χ4v) is 3.75. The van der Waals surface area contributed by atoms with Gasteiger partial charge in [-0.05, 0) is 25.2 Å². The SMILES string of the molecule is CCCCCCCCCCCC(C)C1(N)CCCCC1. The maximum absolute atomic E-state index is 6.61. The summed E-state index contributed by atoms with van der Waals surface area (Å²) in [6, 6.07) is 0. The zero-order valence-electron chi connectivity index (χ0n) is 14.3. The Bertz CT molecular complexity index is 218. The van der Waals surface area contributed by atoms with E-state index in [9.17, 15) is 0 Å². The second-order valence-corrected chi connectivity index (χ2v) is 7.31. The molecule has 0 bridgehead atoms. The lowest BCUT2D eigenvalue weighted by Gasteiger charge is -2.39. The zero-order valence-corrected chi connectivity index (χ0v) is 14.3. The van der Waals surface area contributed by atoms with E-state index in [2.05, 4.69) is 13.8 Å². The fraction of sp³-hybridized carbons (Fsp3) is 1.00. The van der Waals surface area contributed by atoms with Gasteiger partial charge < -0.3 is 5.73 Å². The molecule has 1 saturated carbocycles. The normalized spacial score (nSPS) is 19.9. The lowest BCUT2D eigenvalue weighted by atomic mass is 9.72. The summed E-state index contributed by atoms with van der Waals surface area (Å²) in [5.74, 6) is 0.729. The Hall–Kier alpha value is -0.0400. The molecule has 1 nitrogen and oxygen atoms in total. The van der Waals surface area contributed by atoms with Gasteiger partial charge >= 0.3 is 0 Å². The molecule has 1 aliphatic carbocycles.